The van der Waals surface area contributed by atoms with Gasteiger partial charge in [-0.2, -0.15) is 0 Å². The molecule has 0 fully saturated rings. The first-order valence-electron chi connectivity index (χ1n) is 10.3. The molecule has 1 aliphatic heterocycles. The predicted octanol–water partition coefficient (Wildman–Crippen LogP) is 5.12. The van der Waals surface area contributed by atoms with Crippen LogP contribution < -0.4 is 15.4 Å². The Morgan fingerprint density at radius 2 is 1.48 bits per heavy atom. The largest absolute Gasteiger partial charge is 0.491 e. The Labute approximate surface area is 181 Å². The summed E-state index contributed by atoms with van der Waals surface area (Å²) in [6.45, 7) is 3.89. The number of hydrogen-bond acceptors (Lipinski definition) is 3. The molecule has 1 heterocycles. The van der Waals surface area contributed by atoms with Crippen LogP contribution in [0.25, 0.3) is 5.70 Å². The number of urea groups is 1. The summed E-state index contributed by atoms with van der Waals surface area (Å²) in [5, 5.41) is 5.80. The van der Waals surface area contributed by atoms with Crippen molar-refractivity contribution in [2.45, 2.75) is 26.0 Å². The number of benzene rings is 3. The van der Waals surface area contributed by atoms with Crippen molar-refractivity contribution in [3.05, 3.63) is 107 Å². The van der Waals surface area contributed by atoms with Crippen molar-refractivity contribution in [3.8, 4) is 5.75 Å². The first-order chi connectivity index (χ1) is 15.0. The third-order valence-corrected chi connectivity index (χ3v) is 5.01. The Balaban J connectivity index is 1.93. The van der Waals surface area contributed by atoms with Gasteiger partial charge in [-0.25, -0.2) is 4.79 Å². The normalized spacial score (nSPS) is 16.0. The minimum atomic E-state index is -0.661. The topological polar surface area (TPSA) is 67.4 Å². The third kappa shape index (κ3) is 4.36. The average Bonchev–Trinajstić information content (AvgIpc) is 2.79. The zero-order valence-corrected chi connectivity index (χ0v) is 17.5. The second kappa shape index (κ2) is 8.88. The molecule has 2 amide bonds. The van der Waals surface area contributed by atoms with Gasteiger partial charge in [0.25, 0.3) is 0 Å². The van der Waals surface area contributed by atoms with Gasteiger partial charge in [-0.05, 0) is 25.5 Å². The summed E-state index contributed by atoms with van der Waals surface area (Å²) in [4.78, 5) is 26.4. The van der Waals surface area contributed by atoms with Gasteiger partial charge in [-0.1, -0.05) is 78.9 Å². The SMILES string of the molecule is CC(C)Oc1ccccc1[C@@H]1NC(=O)NC(c2ccccc2)=C1C(=O)c1ccccc1. The molecule has 4 rings (SSSR count). The number of ketones is 1. The Morgan fingerprint density at radius 1 is 0.871 bits per heavy atom. The lowest BCUT2D eigenvalue weighted by atomic mass is 9.87. The molecule has 0 radical (unpaired) electrons. The maximum absolute atomic E-state index is 13.7. The van der Waals surface area contributed by atoms with Crippen LogP contribution in [0.1, 0.15) is 41.4 Å². The van der Waals surface area contributed by atoms with E-state index in [0.29, 0.717) is 22.6 Å². The van der Waals surface area contributed by atoms with E-state index in [1.54, 1.807) is 12.1 Å². The van der Waals surface area contributed by atoms with Crippen LogP contribution in [0, 0.1) is 0 Å². The van der Waals surface area contributed by atoms with Crippen LogP contribution in [0.5, 0.6) is 5.75 Å². The molecule has 5 nitrogen and oxygen atoms in total. The van der Waals surface area contributed by atoms with Crippen molar-refractivity contribution in [1.29, 1.82) is 0 Å². The van der Waals surface area contributed by atoms with Gasteiger partial charge in [0, 0.05) is 11.1 Å². The Kier molecular flexibility index (Phi) is 5.85. The van der Waals surface area contributed by atoms with Gasteiger partial charge in [-0.15, -0.1) is 0 Å². The molecule has 0 aromatic heterocycles. The fourth-order valence-corrected chi connectivity index (χ4v) is 3.70. The Bertz CT molecular complexity index is 1120. The van der Waals surface area contributed by atoms with Crippen LogP contribution in [0.3, 0.4) is 0 Å². The lowest BCUT2D eigenvalue weighted by Crippen LogP contribution is -2.45. The van der Waals surface area contributed by atoms with Crippen molar-refractivity contribution in [2.24, 2.45) is 0 Å². The molecule has 5 heteroatoms. The van der Waals surface area contributed by atoms with E-state index in [1.807, 2.05) is 86.6 Å². The molecular weight excluding hydrogens is 388 g/mol. The van der Waals surface area contributed by atoms with Gasteiger partial charge in [0.2, 0.25) is 0 Å². The number of nitrogens with one attached hydrogen (secondary N) is 2. The number of hydrogen-bond donors (Lipinski definition) is 2. The molecule has 3 aromatic rings. The van der Waals surface area contributed by atoms with Gasteiger partial charge >= 0.3 is 6.03 Å². The minimum absolute atomic E-state index is 0.0515. The summed E-state index contributed by atoms with van der Waals surface area (Å²) in [6, 6.07) is 25.0. The molecule has 0 unspecified atom stereocenters. The molecule has 0 saturated heterocycles. The standard InChI is InChI=1S/C26H24N2O3/c1-17(2)31-21-16-10-9-15-20(21)24-22(25(29)19-13-7-4-8-14-19)23(27-26(30)28-24)18-11-5-3-6-12-18/h3-17,24H,1-2H3,(H2,27,28,30)/t24-/m0/s1. The molecule has 0 bridgehead atoms. The molecule has 3 aromatic carbocycles. The number of Topliss-reactive ketones (excluding diaryl/α,β-unsaturated/α-hetero) is 1. The third-order valence-electron chi connectivity index (χ3n) is 5.01. The van der Waals surface area contributed by atoms with E-state index in [2.05, 4.69) is 10.6 Å². The monoisotopic (exact) mass is 412 g/mol. The smallest absolute Gasteiger partial charge is 0.320 e. The highest BCUT2D eigenvalue weighted by molar-refractivity contribution is 6.16. The highest BCUT2D eigenvalue weighted by Crippen LogP contribution is 2.37. The Morgan fingerprint density at radius 3 is 2.16 bits per heavy atom. The maximum atomic E-state index is 13.7. The maximum Gasteiger partial charge on any atom is 0.320 e. The molecule has 1 atom stereocenters. The quantitative estimate of drug-likeness (QED) is 0.552. The highest BCUT2D eigenvalue weighted by Gasteiger charge is 2.35. The van der Waals surface area contributed by atoms with Gasteiger partial charge in [-0.3, -0.25) is 4.79 Å². The van der Waals surface area contributed by atoms with Gasteiger partial charge < -0.3 is 15.4 Å². The number of ether oxygens (including phenoxy) is 1. The van der Waals surface area contributed by atoms with Crippen LogP contribution in [-0.2, 0) is 0 Å². The van der Waals surface area contributed by atoms with Crippen molar-refractivity contribution < 1.29 is 14.3 Å². The Hall–Kier alpha value is -3.86. The zero-order chi connectivity index (χ0) is 21.8. The summed E-state index contributed by atoms with van der Waals surface area (Å²) in [6.07, 6.45) is -0.0515. The van der Waals surface area contributed by atoms with Gasteiger partial charge in [0.1, 0.15) is 5.75 Å². The second-order valence-corrected chi connectivity index (χ2v) is 7.59. The van der Waals surface area contributed by atoms with E-state index in [9.17, 15) is 9.59 Å². The first kappa shape index (κ1) is 20.4. The molecule has 2 N–H and O–H groups in total. The van der Waals surface area contributed by atoms with Gasteiger partial charge in [0.05, 0.1) is 23.4 Å². The molecular formula is C26H24N2O3. The van der Waals surface area contributed by atoms with Crippen LogP contribution in [0.2, 0.25) is 0 Å². The number of amides is 2. The molecule has 31 heavy (non-hydrogen) atoms. The molecule has 156 valence electrons. The molecule has 1 aliphatic rings. The number of rotatable bonds is 6. The summed E-state index contributed by atoms with van der Waals surface area (Å²) in [5.74, 6) is 0.478. The van der Waals surface area contributed by atoms with E-state index in [4.69, 9.17) is 4.74 Å². The molecule has 0 spiro atoms. The zero-order valence-electron chi connectivity index (χ0n) is 17.5. The lowest BCUT2D eigenvalue weighted by molar-refractivity contribution is 0.102. The van der Waals surface area contributed by atoms with E-state index in [0.717, 1.165) is 11.1 Å². The van der Waals surface area contributed by atoms with Crippen LogP contribution in [0.15, 0.2) is 90.5 Å². The van der Waals surface area contributed by atoms with Crippen molar-refractivity contribution in [3.63, 3.8) is 0 Å². The van der Waals surface area contributed by atoms with E-state index in [1.165, 1.54) is 0 Å². The van der Waals surface area contributed by atoms with E-state index in [-0.39, 0.29) is 17.9 Å². The van der Waals surface area contributed by atoms with Crippen LogP contribution in [0.4, 0.5) is 4.79 Å². The van der Waals surface area contributed by atoms with Crippen molar-refractivity contribution >= 4 is 17.5 Å². The summed E-state index contributed by atoms with van der Waals surface area (Å²) < 4.78 is 6.00. The van der Waals surface area contributed by atoms with E-state index < -0.39 is 6.04 Å². The summed E-state index contributed by atoms with van der Waals surface area (Å²) in [7, 11) is 0. The van der Waals surface area contributed by atoms with Gasteiger partial charge in [0.15, 0.2) is 5.78 Å². The fourth-order valence-electron chi connectivity index (χ4n) is 3.70. The van der Waals surface area contributed by atoms with E-state index >= 15 is 0 Å². The second-order valence-electron chi connectivity index (χ2n) is 7.59. The summed E-state index contributed by atoms with van der Waals surface area (Å²) >= 11 is 0. The number of carbonyl (C=O) groups excluding carboxylic acids is 2. The molecule has 0 aliphatic carbocycles. The number of carbonyl (C=O) groups is 2. The summed E-state index contributed by atoms with van der Waals surface area (Å²) in [5.41, 5.74) is 3.03. The highest BCUT2D eigenvalue weighted by atomic mass is 16.5. The minimum Gasteiger partial charge on any atom is -0.491 e. The predicted molar refractivity (Wildman–Crippen MR) is 121 cm³/mol. The fraction of sp³-hybridized carbons (Fsp3) is 0.154. The first-order valence-corrected chi connectivity index (χ1v) is 10.3. The number of para-hydroxylation sites is 1. The average molecular weight is 412 g/mol. The molecule has 0 saturated carbocycles. The van der Waals surface area contributed by atoms with Crippen molar-refractivity contribution in [1.82, 2.24) is 10.6 Å². The van der Waals surface area contributed by atoms with Crippen molar-refractivity contribution in [2.75, 3.05) is 0 Å². The van der Waals surface area contributed by atoms with Crippen LogP contribution in [-0.4, -0.2) is 17.9 Å². The van der Waals surface area contributed by atoms with Crippen LogP contribution >= 0.6 is 0 Å². The lowest BCUT2D eigenvalue weighted by Gasteiger charge is -2.31.